The van der Waals surface area contributed by atoms with Gasteiger partial charge in [0.25, 0.3) is 0 Å². The molecule has 0 unspecified atom stereocenters. The van der Waals surface area contributed by atoms with Gasteiger partial charge in [0.05, 0.1) is 18.1 Å². The van der Waals surface area contributed by atoms with Crippen molar-refractivity contribution >= 4 is 39.0 Å². The summed E-state index contributed by atoms with van der Waals surface area (Å²) in [7, 11) is 0. The van der Waals surface area contributed by atoms with E-state index in [0.717, 1.165) is 34.7 Å². The van der Waals surface area contributed by atoms with Crippen LogP contribution in [0.4, 0.5) is 5.82 Å². The molecule has 0 fully saturated rings. The fraction of sp³-hybridized carbons (Fsp3) is 0.308. The number of thiophene rings is 1. The maximum Gasteiger partial charge on any atom is 0.225 e. The number of nitrogens with zero attached hydrogens (tertiary/aromatic N) is 4. The molecule has 0 spiro atoms. The van der Waals surface area contributed by atoms with Gasteiger partial charge in [0.1, 0.15) is 10.6 Å². The summed E-state index contributed by atoms with van der Waals surface area (Å²) in [6.45, 7) is 5.59. The Balaban J connectivity index is 1.76. The molecule has 3 rings (SSSR count). The van der Waals surface area contributed by atoms with Crippen LogP contribution in [-0.2, 0) is 6.54 Å². The summed E-state index contributed by atoms with van der Waals surface area (Å²) in [6, 6.07) is 2.08. The third-order valence-electron chi connectivity index (χ3n) is 2.88. The Kier molecular flexibility index (Phi) is 3.58. The molecule has 20 heavy (non-hydrogen) atoms. The molecular weight excluding hydrogens is 294 g/mol. The van der Waals surface area contributed by atoms with Gasteiger partial charge in [0.15, 0.2) is 0 Å². The van der Waals surface area contributed by atoms with Crippen molar-refractivity contribution in [3.63, 3.8) is 0 Å². The van der Waals surface area contributed by atoms with Gasteiger partial charge < -0.3 is 5.32 Å². The van der Waals surface area contributed by atoms with Gasteiger partial charge in [-0.15, -0.1) is 11.3 Å². The minimum atomic E-state index is 0.275. The van der Waals surface area contributed by atoms with Gasteiger partial charge in [-0.2, -0.15) is 5.10 Å². The minimum Gasteiger partial charge on any atom is -0.368 e. The van der Waals surface area contributed by atoms with E-state index in [1.165, 1.54) is 4.88 Å². The summed E-state index contributed by atoms with van der Waals surface area (Å²) in [4.78, 5) is 10.6. The molecule has 0 amide bonds. The SMILES string of the molecule is Cc1cnn(CCNc2nc(Cl)nc3sc(C)cc23)c1. The number of aryl methyl sites for hydroxylation is 2. The summed E-state index contributed by atoms with van der Waals surface area (Å²) in [6.07, 6.45) is 3.86. The molecule has 0 aliphatic carbocycles. The van der Waals surface area contributed by atoms with Gasteiger partial charge in [-0.1, -0.05) is 0 Å². The number of hydrogen-bond acceptors (Lipinski definition) is 5. The number of fused-ring (bicyclic) bond motifs is 1. The zero-order chi connectivity index (χ0) is 14.1. The van der Waals surface area contributed by atoms with Crippen molar-refractivity contribution < 1.29 is 0 Å². The predicted molar refractivity (Wildman–Crippen MR) is 82.6 cm³/mol. The second-order valence-electron chi connectivity index (χ2n) is 4.62. The van der Waals surface area contributed by atoms with Crippen LogP contribution in [0, 0.1) is 13.8 Å². The lowest BCUT2D eigenvalue weighted by Crippen LogP contribution is -2.12. The largest absolute Gasteiger partial charge is 0.368 e. The molecule has 0 saturated carbocycles. The van der Waals surface area contributed by atoms with Crippen molar-refractivity contribution in [1.82, 2.24) is 19.7 Å². The molecule has 1 N–H and O–H groups in total. The summed E-state index contributed by atoms with van der Waals surface area (Å²) in [5.41, 5.74) is 1.16. The lowest BCUT2D eigenvalue weighted by atomic mass is 10.3. The molecule has 0 aliphatic heterocycles. The van der Waals surface area contributed by atoms with Crippen LogP contribution in [0.1, 0.15) is 10.4 Å². The van der Waals surface area contributed by atoms with Gasteiger partial charge in [-0.25, -0.2) is 9.97 Å². The van der Waals surface area contributed by atoms with Gasteiger partial charge >= 0.3 is 0 Å². The van der Waals surface area contributed by atoms with Crippen LogP contribution < -0.4 is 5.32 Å². The number of aromatic nitrogens is 4. The first-order chi connectivity index (χ1) is 9.61. The molecule has 0 saturated heterocycles. The smallest absolute Gasteiger partial charge is 0.225 e. The molecule has 3 heterocycles. The highest BCUT2D eigenvalue weighted by atomic mass is 35.5. The van der Waals surface area contributed by atoms with E-state index in [9.17, 15) is 0 Å². The van der Waals surface area contributed by atoms with Crippen LogP contribution >= 0.6 is 22.9 Å². The van der Waals surface area contributed by atoms with Crippen LogP contribution in [0.3, 0.4) is 0 Å². The van der Waals surface area contributed by atoms with Crippen molar-refractivity contribution in [1.29, 1.82) is 0 Å². The van der Waals surface area contributed by atoms with Crippen LogP contribution in [0.25, 0.3) is 10.2 Å². The predicted octanol–water partition coefficient (Wildman–Crippen LogP) is 3.27. The fourth-order valence-corrected chi connectivity index (χ4v) is 3.13. The van der Waals surface area contributed by atoms with Crippen molar-refractivity contribution in [2.75, 3.05) is 11.9 Å². The Morgan fingerprint density at radius 3 is 2.95 bits per heavy atom. The first-order valence-corrected chi connectivity index (χ1v) is 7.48. The average molecular weight is 308 g/mol. The molecule has 3 aromatic rings. The maximum absolute atomic E-state index is 5.96. The third kappa shape index (κ3) is 2.76. The van der Waals surface area contributed by atoms with E-state index in [1.54, 1.807) is 11.3 Å². The lowest BCUT2D eigenvalue weighted by Gasteiger charge is -2.07. The molecule has 3 aromatic heterocycles. The van der Waals surface area contributed by atoms with Gasteiger partial charge in [-0.3, -0.25) is 4.68 Å². The highest BCUT2D eigenvalue weighted by molar-refractivity contribution is 7.18. The van der Waals surface area contributed by atoms with Crippen molar-refractivity contribution in [3.8, 4) is 0 Å². The lowest BCUT2D eigenvalue weighted by molar-refractivity contribution is 0.637. The van der Waals surface area contributed by atoms with E-state index in [1.807, 2.05) is 24.0 Å². The number of anilines is 1. The van der Waals surface area contributed by atoms with Gasteiger partial charge in [0, 0.05) is 17.6 Å². The summed E-state index contributed by atoms with van der Waals surface area (Å²) in [5, 5.41) is 8.86. The average Bonchev–Trinajstić information content (AvgIpc) is 2.94. The molecule has 104 valence electrons. The highest BCUT2D eigenvalue weighted by Gasteiger charge is 2.09. The topological polar surface area (TPSA) is 55.6 Å². The van der Waals surface area contributed by atoms with Crippen molar-refractivity contribution in [3.05, 3.63) is 34.2 Å². The molecule has 7 heteroatoms. The molecule has 0 aliphatic rings. The Labute approximate surface area is 125 Å². The molecule has 0 radical (unpaired) electrons. The van der Waals surface area contributed by atoms with E-state index in [0.29, 0.717) is 0 Å². The van der Waals surface area contributed by atoms with Crippen LogP contribution in [0.2, 0.25) is 5.28 Å². The molecule has 0 aromatic carbocycles. The number of rotatable bonds is 4. The van der Waals surface area contributed by atoms with E-state index in [4.69, 9.17) is 11.6 Å². The minimum absolute atomic E-state index is 0.275. The third-order valence-corrected chi connectivity index (χ3v) is 4.00. The fourth-order valence-electron chi connectivity index (χ4n) is 2.03. The van der Waals surface area contributed by atoms with Crippen molar-refractivity contribution in [2.24, 2.45) is 0 Å². The number of nitrogens with one attached hydrogen (secondary N) is 1. The second kappa shape index (κ2) is 5.38. The van der Waals surface area contributed by atoms with E-state index < -0.39 is 0 Å². The van der Waals surface area contributed by atoms with E-state index >= 15 is 0 Å². The summed E-state index contributed by atoms with van der Waals surface area (Å²) in [5.74, 6) is 0.785. The zero-order valence-corrected chi connectivity index (χ0v) is 12.8. The monoisotopic (exact) mass is 307 g/mol. The van der Waals surface area contributed by atoms with Crippen LogP contribution in [0.15, 0.2) is 18.5 Å². The highest BCUT2D eigenvalue weighted by Crippen LogP contribution is 2.29. The Bertz CT molecular complexity index is 748. The quantitative estimate of drug-likeness (QED) is 0.752. The van der Waals surface area contributed by atoms with Crippen LogP contribution in [-0.4, -0.2) is 26.3 Å². The molecule has 0 atom stereocenters. The van der Waals surface area contributed by atoms with E-state index in [-0.39, 0.29) is 5.28 Å². The van der Waals surface area contributed by atoms with Crippen molar-refractivity contribution in [2.45, 2.75) is 20.4 Å². The normalized spacial score (nSPS) is 11.2. The summed E-state index contributed by atoms with van der Waals surface area (Å²) < 4.78 is 1.90. The number of halogens is 1. The molecule has 5 nitrogen and oxygen atoms in total. The molecule has 0 bridgehead atoms. The first kappa shape index (κ1) is 13.3. The zero-order valence-electron chi connectivity index (χ0n) is 11.2. The number of hydrogen-bond donors (Lipinski definition) is 1. The standard InChI is InChI=1S/C13H14ClN5S/c1-8-6-16-19(7-8)4-3-15-11-10-5-9(2)20-12(10)18-13(14)17-11/h5-7H,3-4H2,1-2H3,(H,15,17,18). The Morgan fingerprint density at radius 1 is 1.35 bits per heavy atom. The Hall–Kier alpha value is -1.66. The maximum atomic E-state index is 5.96. The van der Waals surface area contributed by atoms with Gasteiger partial charge in [0.2, 0.25) is 5.28 Å². The Morgan fingerprint density at radius 2 is 2.20 bits per heavy atom. The van der Waals surface area contributed by atoms with E-state index in [2.05, 4.69) is 33.4 Å². The van der Waals surface area contributed by atoms with Crippen LogP contribution in [0.5, 0.6) is 0 Å². The first-order valence-electron chi connectivity index (χ1n) is 6.28. The second-order valence-corrected chi connectivity index (χ2v) is 6.20. The van der Waals surface area contributed by atoms with Gasteiger partial charge in [-0.05, 0) is 37.1 Å². The summed E-state index contributed by atoms with van der Waals surface area (Å²) >= 11 is 7.58. The molecular formula is C13H14ClN5S.